The first-order valence-electron chi connectivity index (χ1n) is 7.49. The van der Waals surface area contributed by atoms with Gasteiger partial charge in [-0.1, -0.05) is 35.3 Å². The summed E-state index contributed by atoms with van der Waals surface area (Å²) in [6, 6.07) is 7.46. The highest BCUT2D eigenvalue weighted by atomic mass is 35.5. The third-order valence-corrected chi connectivity index (χ3v) is 4.41. The number of carbonyl (C=O) groups is 1. The van der Waals surface area contributed by atoms with Crippen molar-refractivity contribution in [3.8, 4) is 16.9 Å². The van der Waals surface area contributed by atoms with Gasteiger partial charge < -0.3 is 5.73 Å². The van der Waals surface area contributed by atoms with Crippen LogP contribution >= 0.6 is 23.2 Å². The number of alkyl halides is 3. The molecule has 2 aromatic heterocycles. The Morgan fingerprint density at radius 3 is 2.33 bits per heavy atom. The Hall–Kier alpha value is -2.58. The quantitative estimate of drug-likeness (QED) is 0.676. The molecule has 0 aliphatic carbocycles. The minimum Gasteiger partial charge on any atom is -0.364 e. The van der Waals surface area contributed by atoms with E-state index in [2.05, 4.69) is 10.1 Å². The standard InChI is InChI=1S/C17H11Cl2F3N4O/c1-8-4-2-5-9(18)11(8)12-13(15(23)27)26(25-14(12)17(20,21)22)16-10(19)6-3-7-24-16/h2-7H,1H3,(H2,23,27). The highest BCUT2D eigenvalue weighted by Crippen LogP contribution is 2.43. The first-order valence-corrected chi connectivity index (χ1v) is 8.25. The van der Waals surface area contributed by atoms with E-state index in [1.54, 1.807) is 19.1 Å². The van der Waals surface area contributed by atoms with Crippen LogP contribution in [0.1, 0.15) is 21.7 Å². The molecule has 0 saturated carbocycles. The highest BCUT2D eigenvalue weighted by Gasteiger charge is 2.42. The Kier molecular flexibility index (Phi) is 4.88. The molecule has 0 radical (unpaired) electrons. The van der Waals surface area contributed by atoms with Crippen LogP contribution in [-0.4, -0.2) is 20.7 Å². The largest absolute Gasteiger partial charge is 0.435 e. The van der Waals surface area contributed by atoms with Gasteiger partial charge in [-0.15, -0.1) is 0 Å². The van der Waals surface area contributed by atoms with Crippen LogP contribution in [0.25, 0.3) is 16.9 Å². The molecular formula is C17H11Cl2F3N4O. The fraction of sp³-hybridized carbons (Fsp3) is 0.118. The third-order valence-electron chi connectivity index (χ3n) is 3.80. The molecule has 27 heavy (non-hydrogen) atoms. The Morgan fingerprint density at radius 2 is 1.78 bits per heavy atom. The molecule has 2 N–H and O–H groups in total. The van der Waals surface area contributed by atoms with Gasteiger partial charge in [0.25, 0.3) is 5.91 Å². The molecule has 0 bridgehead atoms. The summed E-state index contributed by atoms with van der Waals surface area (Å²) in [5.41, 5.74) is 3.51. The normalized spacial score (nSPS) is 11.6. The Morgan fingerprint density at radius 1 is 1.11 bits per heavy atom. The number of halogens is 5. The van der Waals surface area contributed by atoms with Gasteiger partial charge in [0.05, 0.1) is 5.02 Å². The predicted octanol–water partition coefficient (Wildman–Crippen LogP) is 4.67. The summed E-state index contributed by atoms with van der Waals surface area (Å²) in [6.45, 7) is 1.57. The number of benzene rings is 1. The molecule has 0 spiro atoms. The van der Waals surface area contributed by atoms with E-state index in [1.165, 1.54) is 24.4 Å². The van der Waals surface area contributed by atoms with Crippen LogP contribution in [0.15, 0.2) is 36.5 Å². The van der Waals surface area contributed by atoms with E-state index in [9.17, 15) is 18.0 Å². The zero-order valence-corrected chi connectivity index (χ0v) is 15.2. The molecule has 1 aromatic carbocycles. The molecule has 0 unspecified atom stereocenters. The molecule has 3 rings (SSSR count). The summed E-state index contributed by atoms with van der Waals surface area (Å²) in [6.07, 6.45) is -3.57. The van der Waals surface area contributed by atoms with Crippen molar-refractivity contribution >= 4 is 29.1 Å². The van der Waals surface area contributed by atoms with Crippen molar-refractivity contribution in [1.82, 2.24) is 14.8 Å². The topological polar surface area (TPSA) is 73.8 Å². The summed E-state index contributed by atoms with van der Waals surface area (Å²) >= 11 is 12.2. The van der Waals surface area contributed by atoms with Crippen LogP contribution in [0.2, 0.25) is 10.0 Å². The van der Waals surface area contributed by atoms with Crippen molar-refractivity contribution in [3.05, 3.63) is 63.5 Å². The number of nitrogens with zero attached hydrogens (tertiary/aromatic N) is 3. The molecule has 2 heterocycles. The lowest BCUT2D eigenvalue weighted by Gasteiger charge is -2.12. The van der Waals surface area contributed by atoms with E-state index in [4.69, 9.17) is 28.9 Å². The van der Waals surface area contributed by atoms with Crippen molar-refractivity contribution < 1.29 is 18.0 Å². The van der Waals surface area contributed by atoms with Crippen molar-refractivity contribution in [2.24, 2.45) is 5.73 Å². The van der Waals surface area contributed by atoms with Gasteiger partial charge in [0.1, 0.15) is 5.69 Å². The van der Waals surface area contributed by atoms with Crippen LogP contribution in [0.3, 0.4) is 0 Å². The van der Waals surface area contributed by atoms with E-state index in [1.807, 2.05) is 0 Å². The van der Waals surface area contributed by atoms with Gasteiger partial charge in [0.15, 0.2) is 11.5 Å². The lowest BCUT2D eigenvalue weighted by atomic mass is 9.97. The lowest BCUT2D eigenvalue weighted by Crippen LogP contribution is -2.18. The number of aryl methyl sites for hydroxylation is 1. The van der Waals surface area contributed by atoms with Gasteiger partial charge in [0.2, 0.25) is 0 Å². The number of hydrogen-bond acceptors (Lipinski definition) is 3. The second-order valence-electron chi connectivity index (χ2n) is 5.59. The number of rotatable bonds is 3. The van der Waals surface area contributed by atoms with E-state index in [-0.39, 0.29) is 21.4 Å². The van der Waals surface area contributed by atoms with Crippen LogP contribution in [-0.2, 0) is 6.18 Å². The highest BCUT2D eigenvalue weighted by molar-refractivity contribution is 6.34. The van der Waals surface area contributed by atoms with Gasteiger partial charge in [0, 0.05) is 22.3 Å². The van der Waals surface area contributed by atoms with Gasteiger partial charge in [-0.05, 0) is 30.7 Å². The lowest BCUT2D eigenvalue weighted by molar-refractivity contribution is -0.140. The number of carbonyl (C=O) groups excluding carboxylic acids is 1. The summed E-state index contributed by atoms with van der Waals surface area (Å²) < 4.78 is 41.9. The maximum Gasteiger partial charge on any atom is 0.435 e. The monoisotopic (exact) mass is 414 g/mol. The van der Waals surface area contributed by atoms with Gasteiger partial charge in [-0.2, -0.15) is 18.3 Å². The first kappa shape index (κ1) is 19.2. The Bertz CT molecular complexity index is 1030. The molecule has 0 saturated heterocycles. The second kappa shape index (κ2) is 6.86. The Labute approximate surface area is 161 Å². The minimum atomic E-state index is -4.88. The van der Waals surface area contributed by atoms with E-state index >= 15 is 0 Å². The number of hydrogen-bond donors (Lipinski definition) is 1. The zero-order chi connectivity index (χ0) is 19.9. The molecule has 1 amide bonds. The van der Waals surface area contributed by atoms with Gasteiger partial charge >= 0.3 is 6.18 Å². The fourth-order valence-electron chi connectivity index (χ4n) is 2.72. The van der Waals surface area contributed by atoms with Crippen LogP contribution in [0, 0.1) is 6.92 Å². The molecule has 0 aliphatic heterocycles. The zero-order valence-electron chi connectivity index (χ0n) is 13.7. The third kappa shape index (κ3) is 3.38. The Balaban J connectivity index is 2.49. The second-order valence-corrected chi connectivity index (χ2v) is 6.40. The molecular weight excluding hydrogens is 404 g/mol. The maximum atomic E-state index is 13.7. The average Bonchev–Trinajstić information content (AvgIpc) is 2.95. The summed E-state index contributed by atoms with van der Waals surface area (Å²) in [7, 11) is 0. The van der Waals surface area contributed by atoms with Crippen molar-refractivity contribution in [3.63, 3.8) is 0 Å². The number of amides is 1. The maximum absolute atomic E-state index is 13.7. The van der Waals surface area contributed by atoms with Gasteiger partial charge in [-0.25, -0.2) is 9.67 Å². The molecule has 0 fully saturated rings. The smallest absolute Gasteiger partial charge is 0.364 e. The number of primary amides is 1. The van der Waals surface area contributed by atoms with Crippen molar-refractivity contribution in [1.29, 1.82) is 0 Å². The van der Waals surface area contributed by atoms with Crippen molar-refractivity contribution in [2.75, 3.05) is 0 Å². The van der Waals surface area contributed by atoms with Gasteiger partial charge in [-0.3, -0.25) is 4.79 Å². The SMILES string of the molecule is Cc1cccc(Cl)c1-c1c(C(F)(F)F)nn(-c2ncccc2Cl)c1C(N)=O. The predicted molar refractivity (Wildman–Crippen MR) is 95.1 cm³/mol. The molecule has 140 valence electrons. The van der Waals surface area contributed by atoms with Crippen LogP contribution in [0.5, 0.6) is 0 Å². The molecule has 10 heteroatoms. The first-order chi connectivity index (χ1) is 12.6. The molecule has 0 aliphatic rings. The van der Waals surface area contributed by atoms with Crippen LogP contribution in [0.4, 0.5) is 13.2 Å². The molecule has 5 nitrogen and oxygen atoms in total. The summed E-state index contributed by atoms with van der Waals surface area (Å²) in [5, 5.41) is 3.60. The number of nitrogens with two attached hydrogens (primary N) is 1. The molecule has 0 atom stereocenters. The van der Waals surface area contributed by atoms with Crippen molar-refractivity contribution in [2.45, 2.75) is 13.1 Å². The van der Waals surface area contributed by atoms with E-state index in [0.29, 0.717) is 10.2 Å². The number of pyridine rings is 1. The number of aromatic nitrogens is 3. The average molecular weight is 415 g/mol. The van der Waals surface area contributed by atoms with E-state index < -0.39 is 29.0 Å². The van der Waals surface area contributed by atoms with E-state index in [0.717, 1.165) is 0 Å². The minimum absolute atomic E-state index is 0.00125. The molecule has 3 aromatic rings. The summed E-state index contributed by atoms with van der Waals surface area (Å²) in [4.78, 5) is 16.1. The summed E-state index contributed by atoms with van der Waals surface area (Å²) in [5.74, 6) is -1.29. The fourth-order valence-corrected chi connectivity index (χ4v) is 3.23. The van der Waals surface area contributed by atoms with Crippen LogP contribution < -0.4 is 5.73 Å².